The lowest BCUT2D eigenvalue weighted by Crippen LogP contribution is -2.28. The third kappa shape index (κ3) is 2.76. The molecule has 1 saturated carbocycles. The molecule has 0 bridgehead atoms. The molecule has 2 heteroatoms. The highest BCUT2D eigenvalue weighted by Gasteiger charge is 2.19. The molecule has 2 atom stereocenters. The standard InChI is InChI=1S/C12H17NS/c13-10-5-4-8-12(9-10)14-11-6-2-1-3-7-11/h1-3,6-7,10,12H,4-5,8-9,13H2. The maximum absolute atomic E-state index is 5.97. The maximum atomic E-state index is 5.97. The summed E-state index contributed by atoms with van der Waals surface area (Å²) in [5.74, 6) is 0. The molecule has 1 fully saturated rings. The first-order chi connectivity index (χ1) is 6.84. The van der Waals surface area contributed by atoms with Crippen LogP contribution in [0.5, 0.6) is 0 Å². The van der Waals surface area contributed by atoms with Gasteiger partial charge < -0.3 is 5.73 Å². The van der Waals surface area contributed by atoms with Crippen LogP contribution in [0.15, 0.2) is 35.2 Å². The Morgan fingerprint density at radius 3 is 2.64 bits per heavy atom. The quantitative estimate of drug-likeness (QED) is 0.806. The van der Waals surface area contributed by atoms with E-state index in [2.05, 4.69) is 30.3 Å². The monoisotopic (exact) mass is 207 g/mol. The van der Waals surface area contributed by atoms with Crippen LogP contribution < -0.4 is 5.73 Å². The lowest BCUT2D eigenvalue weighted by molar-refractivity contribution is 0.451. The van der Waals surface area contributed by atoms with E-state index in [0.717, 1.165) is 5.25 Å². The van der Waals surface area contributed by atoms with Crippen LogP contribution in [0.2, 0.25) is 0 Å². The highest BCUT2D eigenvalue weighted by atomic mass is 32.2. The van der Waals surface area contributed by atoms with Crippen molar-refractivity contribution in [2.24, 2.45) is 5.73 Å². The van der Waals surface area contributed by atoms with E-state index in [0.29, 0.717) is 6.04 Å². The van der Waals surface area contributed by atoms with E-state index in [9.17, 15) is 0 Å². The summed E-state index contributed by atoms with van der Waals surface area (Å²) < 4.78 is 0. The predicted molar refractivity (Wildman–Crippen MR) is 62.5 cm³/mol. The van der Waals surface area contributed by atoms with Gasteiger partial charge in [0.2, 0.25) is 0 Å². The van der Waals surface area contributed by atoms with Gasteiger partial charge in [-0.1, -0.05) is 24.6 Å². The molecule has 2 unspecified atom stereocenters. The lowest BCUT2D eigenvalue weighted by atomic mass is 9.96. The van der Waals surface area contributed by atoms with Crippen LogP contribution in [0.4, 0.5) is 0 Å². The third-order valence-corrected chi connectivity index (χ3v) is 4.02. The van der Waals surface area contributed by atoms with Crippen molar-refractivity contribution in [3.8, 4) is 0 Å². The molecular weight excluding hydrogens is 190 g/mol. The minimum absolute atomic E-state index is 0.435. The summed E-state index contributed by atoms with van der Waals surface area (Å²) in [5, 5.41) is 0.737. The summed E-state index contributed by atoms with van der Waals surface area (Å²) in [5.41, 5.74) is 5.97. The Hall–Kier alpha value is -0.470. The number of hydrogen-bond donors (Lipinski definition) is 1. The summed E-state index contributed by atoms with van der Waals surface area (Å²) >= 11 is 1.99. The summed E-state index contributed by atoms with van der Waals surface area (Å²) in [6, 6.07) is 11.1. The molecule has 1 aliphatic rings. The lowest BCUT2D eigenvalue weighted by Gasteiger charge is -2.25. The van der Waals surface area contributed by atoms with E-state index in [1.807, 2.05) is 11.8 Å². The molecule has 76 valence electrons. The average Bonchev–Trinajstić information content (AvgIpc) is 2.19. The second kappa shape index (κ2) is 4.85. The van der Waals surface area contributed by atoms with E-state index >= 15 is 0 Å². The van der Waals surface area contributed by atoms with Gasteiger partial charge in [0.05, 0.1) is 0 Å². The van der Waals surface area contributed by atoms with Crippen molar-refractivity contribution in [3.63, 3.8) is 0 Å². The molecule has 1 aromatic carbocycles. The molecule has 14 heavy (non-hydrogen) atoms. The van der Waals surface area contributed by atoms with Crippen LogP contribution in [-0.2, 0) is 0 Å². The van der Waals surface area contributed by atoms with Gasteiger partial charge in [-0.3, -0.25) is 0 Å². The van der Waals surface area contributed by atoms with Gasteiger partial charge >= 0.3 is 0 Å². The smallest absolute Gasteiger partial charge is 0.0109 e. The van der Waals surface area contributed by atoms with Gasteiger partial charge in [0.1, 0.15) is 0 Å². The molecule has 0 amide bonds. The predicted octanol–water partition coefficient (Wildman–Crippen LogP) is 3.05. The number of hydrogen-bond acceptors (Lipinski definition) is 2. The number of rotatable bonds is 2. The van der Waals surface area contributed by atoms with Crippen molar-refractivity contribution in [3.05, 3.63) is 30.3 Å². The van der Waals surface area contributed by atoms with Crippen LogP contribution in [0, 0.1) is 0 Å². The molecule has 1 aliphatic carbocycles. The van der Waals surface area contributed by atoms with Crippen LogP contribution in [0.1, 0.15) is 25.7 Å². The van der Waals surface area contributed by atoms with E-state index in [1.165, 1.54) is 30.6 Å². The second-order valence-electron chi connectivity index (χ2n) is 3.98. The fraction of sp³-hybridized carbons (Fsp3) is 0.500. The fourth-order valence-corrected chi connectivity index (χ4v) is 3.31. The highest BCUT2D eigenvalue weighted by molar-refractivity contribution is 8.00. The molecule has 1 nitrogen and oxygen atoms in total. The number of nitrogens with two attached hydrogens (primary N) is 1. The fourth-order valence-electron chi connectivity index (χ4n) is 1.98. The zero-order valence-electron chi connectivity index (χ0n) is 8.36. The summed E-state index contributed by atoms with van der Waals surface area (Å²) in [6.07, 6.45) is 5.02. The van der Waals surface area contributed by atoms with E-state index < -0.39 is 0 Å². The van der Waals surface area contributed by atoms with Crippen molar-refractivity contribution in [2.75, 3.05) is 0 Å². The molecule has 2 N–H and O–H groups in total. The molecule has 0 heterocycles. The van der Waals surface area contributed by atoms with Gasteiger partial charge in [-0.05, 0) is 31.4 Å². The zero-order valence-corrected chi connectivity index (χ0v) is 9.17. The van der Waals surface area contributed by atoms with Crippen molar-refractivity contribution in [2.45, 2.75) is 41.9 Å². The minimum atomic E-state index is 0.435. The number of benzene rings is 1. The molecular formula is C12H17NS. The molecule has 0 aliphatic heterocycles. The van der Waals surface area contributed by atoms with Gasteiger partial charge in [-0.2, -0.15) is 0 Å². The SMILES string of the molecule is NC1CCCC(Sc2ccccc2)C1. The second-order valence-corrected chi connectivity index (χ2v) is 5.35. The first-order valence-electron chi connectivity index (χ1n) is 5.32. The van der Waals surface area contributed by atoms with Crippen molar-refractivity contribution in [1.82, 2.24) is 0 Å². The topological polar surface area (TPSA) is 26.0 Å². The van der Waals surface area contributed by atoms with Crippen molar-refractivity contribution < 1.29 is 0 Å². The molecule has 0 saturated heterocycles. The van der Waals surface area contributed by atoms with E-state index in [4.69, 9.17) is 5.73 Å². The van der Waals surface area contributed by atoms with E-state index in [-0.39, 0.29) is 0 Å². The molecule has 0 radical (unpaired) electrons. The number of thioether (sulfide) groups is 1. The van der Waals surface area contributed by atoms with Gasteiger partial charge in [0.15, 0.2) is 0 Å². The Bertz CT molecular complexity index is 273. The summed E-state index contributed by atoms with van der Waals surface area (Å²) in [6.45, 7) is 0. The molecule has 0 aromatic heterocycles. The zero-order chi connectivity index (χ0) is 9.80. The Kier molecular flexibility index (Phi) is 3.49. The average molecular weight is 207 g/mol. The molecule has 1 aromatic rings. The van der Waals surface area contributed by atoms with Gasteiger partial charge in [0, 0.05) is 16.2 Å². The largest absolute Gasteiger partial charge is 0.328 e. The first kappa shape index (κ1) is 10.1. The Morgan fingerprint density at radius 2 is 1.93 bits per heavy atom. The van der Waals surface area contributed by atoms with Gasteiger partial charge in [-0.15, -0.1) is 11.8 Å². The highest BCUT2D eigenvalue weighted by Crippen LogP contribution is 2.32. The van der Waals surface area contributed by atoms with Crippen LogP contribution in [0.25, 0.3) is 0 Å². The van der Waals surface area contributed by atoms with Crippen LogP contribution in [0.3, 0.4) is 0 Å². The van der Waals surface area contributed by atoms with E-state index in [1.54, 1.807) is 0 Å². The Balaban J connectivity index is 1.91. The van der Waals surface area contributed by atoms with Gasteiger partial charge in [-0.25, -0.2) is 0 Å². The van der Waals surface area contributed by atoms with Crippen molar-refractivity contribution >= 4 is 11.8 Å². The molecule has 0 spiro atoms. The van der Waals surface area contributed by atoms with Crippen LogP contribution in [-0.4, -0.2) is 11.3 Å². The van der Waals surface area contributed by atoms with Gasteiger partial charge in [0.25, 0.3) is 0 Å². The minimum Gasteiger partial charge on any atom is -0.328 e. The van der Waals surface area contributed by atoms with Crippen molar-refractivity contribution in [1.29, 1.82) is 0 Å². The Labute approximate surface area is 90.1 Å². The third-order valence-electron chi connectivity index (χ3n) is 2.71. The van der Waals surface area contributed by atoms with Crippen LogP contribution >= 0.6 is 11.8 Å². The first-order valence-corrected chi connectivity index (χ1v) is 6.20. The molecule has 2 rings (SSSR count). The summed E-state index contributed by atoms with van der Waals surface area (Å²) in [7, 11) is 0. The normalized spacial score (nSPS) is 27.5. The maximum Gasteiger partial charge on any atom is 0.0109 e. The summed E-state index contributed by atoms with van der Waals surface area (Å²) in [4.78, 5) is 1.38. The Morgan fingerprint density at radius 1 is 1.14 bits per heavy atom.